The van der Waals surface area contributed by atoms with Crippen molar-refractivity contribution in [1.82, 2.24) is 0 Å². The second kappa shape index (κ2) is 4.32. The van der Waals surface area contributed by atoms with Crippen molar-refractivity contribution in [2.24, 2.45) is 0 Å². The number of aliphatic hydroxyl groups is 1. The predicted octanol–water partition coefficient (Wildman–Crippen LogP) is 0.682. The maximum atomic E-state index is 10.8. The maximum absolute atomic E-state index is 10.8. The molecule has 4 nitrogen and oxygen atoms in total. The molecule has 0 bridgehead atoms. The molecule has 2 N–H and O–H groups in total. The Morgan fingerprint density at radius 3 is 2.46 bits per heavy atom. The number of hydrogen-bond donors (Lipinski definition) is 2. The van der Waals surface area contributed by atoms with Crippen molar-refractivity contribution >= 4 is 5.78 Å². The normalized spacial score (nSPS) is 19.4. The maximum Gasteiger partial charge on any atom is 0.178 e. The van der Waals surface area contributed by atoms with Gasteiger partial charge in [0.25, 0.3) is 0 Å². The van der Waals surface area contributed by atoms with Crippen LogP contribution in [-0.2, 0) is 9.68 Å². The highest BCUT2D eigenvalue weighted by Crippen LogP contribution is 2.23. The van der Waals surface area contributed by atoms with Gasteiger partial charge in [-0.25, -0.2) is 4.89 Å². The van der Waals surface area contributed by atoms with Gasteiger partial charge in [0.15, 0.2) is 5.78 Å². The average molecular weight is 184 g/mol. The molecule has 4 heteroatoms. The van der Waals surface area contributed by atoms with E-state index in [0.717, 1.165) is 0 Å². The summed E-state index contributed by atoms with van der Waals surface area (Å²) in [6.45, 7) is 0.0285. The molecular formula is C9H12O4. The minimum atomic E-state index is -0.934. The molecule has 0 aromatic carbocycles. The van der Waals surface area contributed by atoms with Crippen molar-refractivity contribution < 1.29 is 20.0 Å². The Balaban J connectivity index is 2.65. The Bertz CT molecular complexity index is 226. The summed E-state index contributed by atoms with van der Waals surface area (Å²) in [5.74, 6) is -0.128. The Morgan fingerprint density at radius 2 is 2.00 bits per heavy atom. The van der Waals surface area contributed by atoms with Crippen LogP contribution in [0.1, 0.15) is 12.8 Å². The lowest BCUT2D eigenvalue weighted by atomic mass is 9.92. The van der Waals surface area contributed by atoms with E-state index in [1.807, 2.05) is 0 Å². The number of allylic oxidation sites excluding steroid dienone is 2. The fourth-order valence-corrected chi connectivity index (χ4v) is 1.19. The molecule has 0 aliphatic heterocycles. The predicted molar refractivity (Wildman–Crippen MR) is 46.1 cm³/mol. The zero-order valence-electron chi connectivity index (χ0n) is 7.14. The van der Waals surface area contributed by atoms with Crippen molar-refractivity contribution in [3.8, 4) is 0 Å². The van der Waals surface area contributed by atoms with Crippen LogP contribution in [0.2, 0.25) is 0 Å². The Morgan fingerprint density at radius 1 is 1.38 bits per heavy atom. The van der Waals surface area contributed by atoms with Crippen molar-refractivity contribution in [2.45, 2.75) is 18.4 Å². The Kier molecular flexibility index (Phi) is 3.36. The van der Waals surface area contributed by atoms with Crippen LogP contribution in [0.15, 0.2) is 24.3 Å². The van der Waals surface area contributed by atoms with Crippen molar-refractivity contribution in [2.75, 3.05) is 6.61 Å². The zero-order chi connectivity index (χ0) is 9.73. The molecule has 0 saturated heterocycles. The van der Waals surface area contributed by atoms with Crippen LogP contribution < -0.4 is 0 Å². The zero-order valence-corrected chi connectivity index (χ0v) is 7.14. The van der Waals surface area contributed by atoms with E-state index in [0.29, 0.717) is 12.8 Å². The first-order valence-corrected chi connectivity index (χ1v) is 4.08. The minimum absolute atomic E-state index is 0.0285. The highest BCUT2D eigenvalue weighted by atomic mass is 17.1. The number of ketones is 1. The molecule has 1 aliphatic rings. The smallest absolute Gasteiger partial charge is 0.178 e. The van der Waals surface area contributed by atoms with E-state index in [1.165, 1.54) is 24.3 Å². The fourth-order valence-electron chi connectivity index (χ4n) is 1.19. The van der Waals surface area contributed by atoms with Gasteiger partial charge in [0.1, 0.15) is 5.60 Å². The van der Waals surface area contributed by atoms with Crippen LogP contribution in [0.4, 0.5) is 0 Å². The number of rotatable bonds is 4. The second-order valence-electron chi connectivity index (χ2n) is 2.94. The lowest BCUT2D eigenvalue weighted by molar-refractivity contribution is -0.294. The second-order valence-corrected chi connectivity index (χ2v) is 2.94. The van der Waals surface area contributed by atoms with Gasteiger partial charge >= 0.3 is 0 Å². The molecule has 0 atom stereocenters. The van der Waals surface area contributed by atoms with Gasteiger partial charge in [0, 0.05) is 6.61 Å². The van der Waals surface area contributed by atoms with E-state index in [9.17, 15) is 4.79 Å². The number of carbonyl (C=O) groups is 1. The van der Waals surface area contributed by atoms with Crippen LogP contribution in [0.25, 0.3) is 0 Å². The molecular weight excluding hydrogens is 172 g/mol. The van der Waals surface area contributed by atoms with Crippen molar-refractivity contribution in [3.05, 3.63) is 24.3 Å². The van der Waals surface area contributed by atoms with E-state index in [2.05, 4.69) is 4.89 Å². The van der Waals surface area contributed by atoms with Crippen LogP contribution in [-0.4, -0.2) is 28.4 Å². The van der Waals surface area contributed by atoms with E-state index >= 15 is 0 Å². The summed E-state index contributed by atoms with van der Waals surface area (Å²) in [6, 6.07) is 0. The van der Waals surface area contributed by atoms with E-state index in [4.69, 9.17) is 10.4 Å². The third-order valence-corrected chi connectivity index (χ3v) is 1.96. The largest absolute Gasteiger partial charge is 0.396 e. The monoisotopic (exact) mass is 184 g/mol. The lowest BCUT2D eigenvalue weighted by Crippen LogP contribution is -2.29. The number of aliphatic hydroxyl groups excluding tert-OH is 1. The van der Waals surface area contributed by atoms with Crippen molar-refractivity contribution in [3.63, 3.8) is 0 Å². The van der Waals surface area contributed by atoms with Gasteiger partial charge in [-0.05, 0) is 37.1 Å². The summed E-state index contributed by atoms with van der Waals surface area (Å²) in [5.41, 5.74) is -0.934. The molecule has 0 amide bonds. The summed E-state index contributed by atoms with van der Waals surface area (Å²) in [5, 5.41) is 17.3. The highest BCUT2D eigenvalue weighted by molar-refractivity contribution is 6.00. The highest BCUT2D eigenvalue weighted by Gasteiger charge is 2.27. The standard InChI is InChI=1S/C9H12O4/c10-7-1-4-9(13-12)5-2-8(11)3-6-9/h2-3,5-6,10,12H,1,4,7H2. The molecule has 13 heavy (non-hydrogen) atoms. The third-order valence-electron chi connectivity index (χ3n) is 1.96. The van der Waals surface area contributed by atoms with Gasteiger partial charge in [-0.15, -0.1) is 0 Å². The van der Waals surface area contributed by atoms with Crippen LogP contribution in [0.3, 0.4) is 0 Å². The van der Waals surface area contributed by atoms with Gasteiger partial charge < -0.3 is 5.11 Å². The molecule has 0 aromatic heterocycles. The molecule has 72 valence electrons. The van der Waals surface area contributed by atoms with Gasteiger partial charge in [-0.1, -0.05) is 0 Å². The number of carbonyl (C=O) groups excluding carboxylic acids is 1. The molecule has 0 fully saturated rings. The quantitative estimate of drug-likeness (QED) is 0.498. The Hall–Kier alpha value is -0.970. The lowest BCUT2D eigenvalue weighted by Gasteiger charge is -2.24. The van der Waals surface area contributed by atoms with E-state index in [1.54, 1.807) is 0 Å². The van der Waals surface area contributed by atoms with Gasteiger partial charge in [0.2, 0.25) is 0 Å². The summed E-state index contributed by atoms with van der Waals surface area (Å²) in [7, 11) is 0. The van der Waals surface area contributed by atoms with Gasteiger partial charge in [0.05, 0.1) is 0 Å². The van der Waals surface area contributed by atoms with Gasteiger partial charge in [-0.2, -0.15) is 0 Å². The summed E-state index contributed by atoms with van der Waals surface area (Å²) in [4.78, 5) is 15.1. The molecule has 0 spiro atoms. The van der Waals surface area contributed by atoms with Crippen LogP contribution in [0.5, 0.6) is 0 Å². The SMILES string of the molecule is O=C1C=CC(CCCO)(OO)C=C1. The van der Waals surface area contributed by atoms with Crippen molar-refractivity contribution in [1.29, 1.82) is 0 Å². The number of hydrogen-bond acceptors (Lipinski definition) is 4. The van der Waals surface area contributed by atoms with E-state index in [-0.39, 0.29) is 12.4 Å². The minimum Gasteiger partial charge on any atom is -0.396 e. The average Bonchev–Trinajstić information content (AvgIpc) is 2.18. The van der Waals surface area contributed by atoms with Crippen LogP contribution >= 0.6 is 0 Å². The Labute approximate surface area is 76.1 Å². The summed E-state index contributed by atoms with van der Waals surface area (Å²) in [6.07, 6.45) is 6.61. The van der Waals surface area contributed by atoms with E-state index < -0.39 is 5.60 Å². The first kappa shape index (κ1) is 10.1. The molecule has 1 aliphatic carbocycles. The molecule has 0 saturated carbocycles. The molecule has 0 aromatic rings. The third kappa shape index (κ3) is 2.48. The van der Waals surface area contributed by atoms with Crippen LogP contribution in [0, 0.1) is 0 Å². The summed E-state index contributed by atoms with van der Waals surface area (Å²) >= 11 is 0. The summed E-state index contributed by atoms with van der Waals surface area (Å²) < 4.78 is 0. The molecule has 1 rings (SSSR count). The van der Waals surface area contributed by atoms with Gasteiger partial charge in [-0.3, -0.25) is 10.1 Å². The topological polar surface area (TPSA) is 66.8 Å². The molecule has 0 heterocycles. The molecule has 0 radical (unpaired) electrons. The molecule has 0 unspecified atom stereocenters. The fraction of sp³-hybridized carbons (Fsp3) is 0.444. The first-order chi connectivity index (χ1) is 6.22. The first-order valence-electron chi connectivity index (χ1n) is 4.08.